The summed E-state index contributed by atoms with van der Waals surface area (Å²) in [5, 5.41) is 9.79. The fourth-order valence-corrected chi connectivity index (χ4v) is 7.77. The number of carbonyl (C=O) groups excluding carboxylic acids is 3. The summed E-state index contributed by atoms with van der Waals surface area (Å²) in [5.74, 6) is -1.54. The first kappa shape index (κ1) is 68.1. The molecule has 72 heavy (non-hydrogen) atoms. The van der Waals surface area contributed by atoms with Crippen molar-refractivity contribution in [1.29, 1.82) is 0 Å². The largest absolute Gasteiger partial charge is 0.472 e. The highest BCUT2D eigenvalue weighted by Crippen LogP contribution is 2.43. The van der Waals surface area contributed by atoms with E-state index >= 15 is 0 Å². The smallest absolute Gasteiger partial charge is 0.462 e. The molecule has 0 aliphatic heterocycles. The lowest BCUT2D eigenvalue weighted by atomic mass is 10.1. The van der Waals surface area contributed by atoms with Gasteiger partial charge < -0.3 is 24.2 Å². The first-order valence-corrected chi connectivity index (χ1v) is 29.3. The molecule has 0 aliphatic carbocycles. The molecule has 0 aromatic carbocycles. The maximum atomic E-state index is 12.9. The van der Waals surface area contributed by atoms with Crippen LogP contribution in [0.25, 0.3) is 0 Å². The van der Waals surface area contributed by atoms with Crippen molar-refractivity contribution in [2.75, 3.05) is 26.4 Å². The predicted molar refractivity (Wildman–Crippen MR) is 297 cm³/mol. The fraction of sp³-hybridized carbons (Fsp3) is 0.650. The molecule has 0 bridgehead atoms. The zero-order valence-corrected chi connectivity index (χ0v) is 46.0. The summed E-state index contributed by atoms with van der Waals surface area (Å²) < 4.78 is 39.4. The van der Waals surface area contributed by atoms with Crippen molar-refractivity contribution < 1.29 is 52.2 Å². The van der Waals surface area contributed by atoms with Gasteiger partial charge >= 0.3 is 25.7 Å². The highest BCUT2D eigenvalue weighted by atomic mass is 31.2. The van der Waals surface area contributed by atoms with Crippen LogP contribution in [0.3, 0.4) is 0 Å². The minimum atomic E-state index is -4.77. The van der Waals surface area contributed by atoms with Crippen LogP contribution in [0, 0.1) is 0 Å². The van der Waals surface area contributed by atoms with Gasteiger partial charge in [0.25, 0.3) is 0 Å². The van der Waals surface area contributed by atoms with E-state index < -0.39 is 57.8 Å². The van der Waals surface area contributed by atoms with E-state index in [2.05, 4.69) is 130 Å². The summed E-state index contributed by atoms with van der Waals surface area (Å²) in [5.41, 5.74) is 0. The van der Waals surface area contributed by atoms with Crippen molar-refractivity contribution in [2.45, 2.75) is 226 Å². The fourth-order valence-electron chi connectivity index (χ4n) is 6.99. The zero-order chi connectivity index (χ0) is 52.7. The standard InChI is InChI=1S/C60H99O11P/c1-4-7-10-13-16-19-22-25-26-27-28-29-30-33-36-39-42-45-48-51-60(64)71-57(53-67-58(62)49-46-43-40-37-34-31-23-20-17-14-11-8-5-2)55-69-72(65,66)68-54-56(52-61)70-59(63)50-47-44-41-38-35-32-24-21-18-15-12-9-6-3/h7-8,10-12,15-17,19-21,24-26,28-29,31,34,56-57,61H,4-6,9,13-14,18,22-23,27,30,32-33,35-55H2,1-3H3,(H,65,66)/b10-7-,11-8-,15-12-,19-16-,20-17-,24-21-,26-25-,29-28-,34-31-. The molecule has 0 radical (unpaired) electrons. The van der Waals surface area contributed by atoms with E-state index in [-0.39, 0.29) is 25.9 Å². The van der Waals surface area contributed by atoms with Gasteiger partial charge in [-0.1, -0.05) is 188 Å². The summed E-state index contributed by atoms with van der Waals surface area (Å²) in [6.45, 7) is 4.26. The summed E-state index contributed by atoms with van der Waals surface area (Å²) in [7, 11) is -4.77. The van der Waals surface area contributed by atoms with Crippen LogP contribution in [0.2, 0.25) is 0 Å². The first-order valence-electron chi connectivity index (χ1n) is 27.8. The maximum Gasteiger partial charge on any atom is 0.472 e. The van der Waals surface area contributed by atoms with E-state index in [1.165, 1.54) is 0 Å². The SMILES string of the molecule is CC/C=C\C/C=C\C/C=C\C/C=C\CCCCCCCCC(=O)OC(COC(=O)CCCCC/C=C\C/C=C\C/C=C\CC)COP(=O)(O)OCC(CO)OC(=O)CCCCCCC/C=C\C/C=C\CCC. The van der Waals surface area contributed by atoms with Gasteiger partial charge in [0.05, 0.1) is 19.8 Å². The Kier molecular flexibility index (Phi) is 50.6. The van der Waals surface area contributed by atoms with Gasteiger partial charge in [-0.05, 0) is 116 Å². The summed E-state index contributed by atoms with van der Waals surface area (Å²) >= 11 is 0. The second kappa shape index (κ2) is 53.4. The highest BCUT2D eigenvalue weighted by molar-refractivity contribution is 7.47. The number of hydrogen-bond donors (Lipinski definition) is 2. The topological polar surface area (TPSA) is 155 Å². The molecule has 3 atom stereocenters. The van der Waals surface area contributed by atoms with Crippen LogP contribution in [0.5, 0.6) is 0 Å². The third-order valence-electron chi connectivity index (χ3n) is 11.1. The van der Waals surface area contributed by atoms with E-state index in [4.69, 9.17) is 23.3 Å². The van der Waals surface area contributed by atoms with E-state index in [9.17, 15) is 28.9 Å². The Labute approximate surface area is 437 Å². The van der Waals surface area contributed by atoms with Crippen LogP contribution in [-0.4, -0.2) is 66.5 Å². The first-order chi connectivity index (χ1) is 35.2. The Hall–Kier alpha value is -3.86. The number of carbonyl (C=O) groups is 3. The maximum absolute atomic E-state index is 12.9. The van der Waals surface area contributed by atoms with Crippen LogP contribution in [-0.2, 0) is 42.2 Å². The molecule has 0 aliphatic rings. The molecule has 12 heteroatoms. The van der Waals surface area contributed by atoms with Gasteiger partial charge in [-0.25, -0.2) is 4.57 Å². The second-order valence-electron chi connectivity index (χ2n) is 18.0. The van der Waals surface area contributed by atoms with Crippen LogP contribution >= 0.6 is 7.82 Å². The van der Waals surface area contributed by atoms with Gasteiger partial charge in [-0.15, -0.1) is 0 Å². The minimum Gasteiger partial charge on any atom is -0.462 e. The van der Waals surface area contributed by atoms with E-state index in [0.29, 0.717) is 19.3 Å². The number of aliphatic hydroxyl groups excluding tert-OH is 1. The van der Waals surface area contributed by atoms with E-state index in [1.807, 2.05) is 0 Å². The number of allylic oxidation sites excluding steroid dienone is 18. The van der Waals surface area contributed by atoms with Gasteiger partial charge in [0.15, 0.2) is 6.10 Å². The number of phosphoric ester groups is 1. The highest BCUT2D eigenvalue weighted by Gasteiger charge is 2.28. The normalized spacial score (nSPS) is 14.2. The Morgan fingerprint density at radius 2 is 0.722 bits per heavy atom. The van der Waals surface area contributed by atoms with Crippen molar-refractivity contribution >= 4 is 25.7 Å². The Bertz CT molecular complexity index is 1620. The lowest BCUT2D eigenvalue weighted by molar-refractivity contribution is -0.161. The number of ether oxygens (including phenoxy) is 3. The number of aliphatic hydroxyl groups is 1. The van der Waals surface area contributed by atoms with E-state index in [0.717, 1.165) is 154 Å². The average Bonchev–Trinajstić information content (AvgIpc) is 3.37. The third kappa shape index (κ3) is 51.1. The molecule has 0 amide bonds. The summed E-state index contributed by atoms with van der Waals surface area (Å²) in [6.07, 6.45) is 63.4. The van der Waals surface area contributed by atoms with Crippen molar-refractivity contribution in [1.82, 2.24) is 0 Å². The zero-order valence-electron chi connectivity index (χ0n) is 45.1. The molecule has 3 unspecified atom stereocenters. The minimum absolute atomic E-state index is 0.138. The molecule has 0 heterocycles. The van der Waals surface area contributed by atoms with Gasteiger partial charge in [0, 0.05) is 19.3 Å². The quantitative estimate of drug-likeness (QED) is 0.0197. The van der Waals surface area contributed by atoms with Crippen molar-refractivity contribution in [3.8, 4) is 0 Å². The van der Waals surface area contributed by atoms with E-state index in [1.54, 1.807) is 0 Å². The van der Waals surface area contributed by atoms with Gasteiger partial charge in [0.2, 0.25) is 0 Å². The summed E-state index contributed by atoms with van der Waals surface area (Å²) in [4.78, 5) is 48.4. The van der Waals surface area contributed by atoms with Crippen molar-refractivity contribution in [3.63, 3.8) is 0 Å². The van der Waals surface area contributed by atoms with Gasteiger partial charge in [-0.3, -0.25) is 23.4 Å². The molecule has 2 N–H and O–H groups in total. The number of esters is 3. The van der Waals surface area contributed by atoms with Crippen LogP contribution in [0.1, 0.15) is 213 Å². The number of phosphoric acid groups is 1. The molecule has 0 saturated heterocycles. The molecule has 0 saturated carbocycles. The molecule has 11 nitrogen and oxygen atoms in total. The molecule has 0 spiro atoms. The third-order valence-corrected chi connectivity index (χ3v) is 12.1. The number of unbranched alkanes of at least 4 members (excludes halogenated alkanes) is 15. The average molecular weight is 1030 g/mol. The Balaban J connectivity index is 4.81. The van der Waals surface area contributed by atoms with Gasteiger partial charge in [-0.2, -0.15) is 0 Å². The molecule has 0 aromatic heterocycles. The van der Waals surface area contributed by atoms with Crippen LogP contribution in [0.15, 0.2) is 109 Å². The Morgan fingerprint density at radius 3 is 1.12 bits per heavy atom. The Morgan fingerprint density at radius 1 is 0.403 bits per heavy atom. The molecule has 0 aromatic rings. The molecular weight excluding hydrogens is 928 g/mol. The second-order valence-corrected chi connectivity index (χ2v) is 19.4. The van der Waals surface area contributed by atoms with Crippen LogP contribution in [0.4, 0.5) is 0 Å². The molecule has 0 fully saturated rings. The lowest BCUT2D eigenvalue weighted by Crippen LogP contribution is -2.30. The van der Waals surface area contributed by atoms with Crippen molar-refractivity contribution in [3.05, 3.63) is 109 Å². The van der Waals surface area contributed by atoms with Crippen LogP contribution < -0.4 is 0 Å². The van der Waals surface area contributed by atoms with Crippen molar-refractivity contribution in [2.24, 2.45) is 0 Å². The molecule has 410 valence electrons. The molecular formula is C60H99O11P. The lowest BCUT2D eigenvalue weighted by Gasteiger charge is -2.21. The number of hydrogen-bond acceptors (Lipinski definition) is 10. The number of rotatable bonds is 50. The monoisotopic (exact) mass is 1030 g/mol. The van der Waals surface area contributed by atoms with Gasteiger partial charge in [0.1, 0.15) is 12.7 Å². The predicted octanol–water partition coefficient (Wildman–Crippen LogP) is 16.2. The molecule has 0 rings (SSSR count). The summed E-state index contributed by atoms with van der Waals surface area (Å²) in [6, 6.07) is 0.